The van der Waals surface area contributed by atoms with E-state index in [1.54, 1.807) is 24.3 Å². The van der Waals surface area contributed by atoms with Crippen molar-refractivity contribution in [1.29, 1.82) is 0 Å². The first-order valence-corrected chi connectivity index (χ1v) is 14.1. The summed E-state index contributed by atoms with van der Waals surface area (Å²) in [5.74, 6) is 1.68. The molecule has 0 fully saturated rings. The van der Waals surface area contributed by atoms with Gasteiger partial charge in [0.05, 0.1) is 30.8 Å². The van der Waals surface area contributed by atoms with E-state index in [-0.39, 0.29) is 30.0 Å². The predicted molar refractivity (Wildman–Crippen MR) is 146 cm³/mol. The van der Waals surface area contributed by atoms with Gasteiger partial charge in [0.2, 0.25) is 0 Å². The first kappa shape index (κ1) is 26.7. The number of carbonyl (C=O) groups is 1. The van der Waals surface area contributed by atoms with Gasteiger partial charge in [0.1, 0.15) is 24.2 Å². The summed E-state index contributed by atoms with van der Waals surface area (Å²) in [6.45, 7) is 6.41. The molecule has 1 N–H and O–H groups in total. The van der Waals surface area contributed by atoms with Gasteiger partial charge in [-0.25, -0.2) is 8.42 Å². The summed E-state index contributed by atoms with van der Waals surface area (Å²) in [5.41, 5.74) is 1.11. The molecule has 2 heterocycles. The zero-order valence-electron chi connectivity index (χ0n) is 22.3. The van der Waals surface area contributed by atoms with Crippen LogP contribution >= 0.6 is 0 Å². The number of para-hydroxylation sites is 2. The van der Waals surface area contributed by atoms with Gasteiger partial charge in [-0.1, -0.05) is 39.0 Å². The Balaban J connectivity index is 1.39. The molecule has 10 heteroatoms. The second-order valence-corrected chi connectivity index (χ2v) is 12.4. The molecule has 0 spiro atoms. The molecule has 5 rings (SSSR count). The number of amides is 1. The van der Waals surface area contributed by atoms with Crippen LogP contribution in [0.4, 0.5) is 5.69 Å². The van der Waals surface area contributed by atoms with Crippen molar-refractivity contribution in [2.45, 2.75) is 43.3 Å². The number of methoxy groups -OCH3 is 1. The number of nitrogens with zero attached hydrogens (tertiary/aromatic N) is 1. The van der Waals surface area contributed by atoms with Gasteiger partial charge in [-0.15, -0.1) is 0 Å². The van der Waals surface area contributed by atoms with Crippen LogP contribution in [0.5, 0.6) is 23.0 Å². The lowest BCUT2D eigenvalue weighted by Crippen LogP contribution is -2.52. The van der Waals surface area contributed by atoms with E-state index in [2.05, 4.69) is 5.32 Å². The van der Waals surface area contributed by atoms with Crippen LogP contribution in [0.25, 0.3) is 0 Å². The molecule has 1 amide bonds. The van der Waals surface area contributed by atoms with Crippen LogP contribution in [0.1, 0.15) is 26.3 Å². The zero-order chi connectivity index (χ0) is 27.8. The van der Waals surface area contributed by atoms with E-state index >= 15 is 0 Å². The second kappa shape index (κ2) is 10.3. The van der Waals surface area contributed by atoms with Crippen LogP contribution in [0.15, 0.2) is 71.6 Å². The number of anilines is 1. The third-order valence-electron chi connectivity index (χ3n) is 6.71. The predicted octanol–water partition coefficient (Wildman–Crippen LogP) is 3.91. The maximum Gasteiger partial charge on any atom is 0.264 e. The van der Waals surface area contributed by atoms with Gasteiger partial charge < -0.3 is 24.3 Å². The molecule has 206 valence electrons. The number of nitrogens with one attached hydrogen (secondary N) is 1. The Kier molecular flexibility index (Phi) is 7.07. The topological polar surface area (TPSA) is 103 Å². The number of hydrogen-bond acceptors (Lipinski definition) is 7. The van der Waals surface area contributed by atoms with Gasteiger partial charge in [0.15, 0.2) is 17.6 Å². The van der Waals surface area contributed by atoms with Crippen LogP contribution in [0, 0.1) is 0 Å². The lowest BCUT2D eigenvalue weighted by Gasteiger charge is -2.36. The Morgan fingerprint density at radius 2 is 1.72 bits per heavy atom. The van der Waals surface area contributed by atoms with E-state index in [9.17, 15) is 13.2 Å². The SMILES string of the molecule is COc1ccc(S(=O)(=O)N2C[C@@H](C(=O)NC[C@@H]3COc4ccccc4O3)Oc3ccc(C(C)(C)C)cc32)cc1. The standard InChI is InChI=1S/C29H32N2O7S/c1-29(2,3)19-9-14-24-23(15-19)31(39(33,34)22-12-10-20(35-4)11-13-22)17-27(38-24)28(32)30-16-21-18-36-25-7-5-6-8-26(25)37-21/h5-15,21,27H,16-18H2,1-4H3,(H,30,32)/t21-,27+/m1/s1. The number of rotatable bonds is 6. The molecular formula is C29H32N2O7S. The average molecular weight is 553 g/mol. The van der Waals surface area contributed by atoms with E-state index in [0.29, 0.717) is 28.7 Å². The van der Waals surface area contributed by atoms with Gasteiger partial charge in [-0.3, -0.25) is 9.10 Å². The zero-order valence-corrected chi connectivity index (χ0v) is 23.2. The summed E-state index contributed by atoms with van der Waals surface area (Å²) in [6, 6.07) is 18.9. The summed E-state index contributed by atoms with van der Waals surface area (Å²) >= 11 is 0. The Labute approximate surface area is 228 Å². The highest BCUT2D eigenvalue weighted by molar-refractivity contribution is 7.92. The van der Waals surface area contributed by atoms with Gasteiger partial charge in [-0.2, -0.15) is 0 Å². The lowest BCUT2D eigenvalue weighted by molar-refractivity contribution is -0.128. The minimum atomic E-state index is -4.02. The Hall–Kier alpha value is -3.92. The molecule has 9 nitrogen and oxygen atoms in total. The van der Waals surface area contributed by atoms with Crippen molar-refractivity contribution >= 4 is 21.6 Å². The van der Waals surface area contributed by atoms with E-state index in [1.165, 1.54) is 23.5 Å². The number of hydrogen-bond donors (Lipinski definition) is 1. The molecular weight excluding hydrogens is 520 g/mol. The Morgan fingerprint density at radius 1 is 1.00 bits per heavy atom. The number of fused-ring (bicyclic) bond motifs is 2. The molecule has 2 atom stereocenters. The minimum absolute atomic E-state index is 0.0860. The maximum absolute atomic E-state index is 13.9. The summed E-state index contributed by atoms with van der Waals surface area (Å²) in [7, 11) is -2.51. The number of benzene rings is 3. The lowest BCUT2D eigenvalue weighted by atomic mass is 9.86. The number of sulfonamides is 1. The van der Waals surface area contributed by atoms with E-state index in [1.807, 2.05) is 51.1 Å². The van der Waals surface area contributed by atoms with Crippen molar-refractivity contribution in [3.05, 3.63) is 72.3 Å². The second-order valence-electron chi connectivity index (χ2n) is 10.5. The normalized spacial score (nSPS) is 18.5. The fraction of sp³-hybridized carbons (Fsp3) is 0.345. The molecule has 39 heavy (non-hydrogen) atoms. The van der Waals surface area contributed by atoms with Crippen molar-refractivity contribution in [3.63, 3.8) is 0 Å². The molecule has 0 radical (unpaired) electrons. The average Bonchev–Trinajstić information content (AvgIpc) is 2.94. The minimum Gasteiger partial charge on any atom is -0.497 e. The van der Waals surface area contributed by atoms with Crippen LogP contribution in [0.2, 0.25) is 0 Å². The summed E-state index contributed by atoms with van der Waals surface area (Å²) in [5, 5.41) is 2.84. The number of ether oxygens (including phenoxy) is 4. The molecule has 0 unspecified atom stereocenters. The number of carbonyl (C=O) groups excluding carboxylic acids is 1. The monoisotopic (exact) mass is 552 g/mol. The fourth-order valence-corrected chi connectivity index (χ4v) is 5.92. The third kappa shape index (κ3) is 5.47. The van der Waals surface area contributed by atoms with E-state index < -0.39 is 28.1 Å². The molecule has 0 aliphatic carbocycles. The molecule has 0 saturated heterocycles. The first-order valence-electron chi connectivity index (χ1n) is 12.7. The van der Waals surface area contributed by atoms with Gasteiger partial charge in [0.25, 0.3) is 15.9 Å². The molecule has 3 aromatic carbocycles. The largest absolute Gasteiger partial charge is 0.497 e. The van der Waals surface area contributed by atoms with Crippen LogP contribution in [-0.4, -0.2) is 53.3 Å². The van der Waals surface area contributed by atoms with E-state index in [4.69, 9.17) is 18.9 Å². The highest BCUT2D eigenvalue weighted by Gasteiger charge is 2.38. The van der Waals surface area contributed by atoms with Crippen molar-refractivity contribution < 1.29 is 32.2 Å². The van der Waals surface area contributed by atoms with Crippen molar-refractivity contribution in [2.75, 3.05) is 31.1 Å². The van der Waals surface area contributed by atoms with Crippen LogP contribution < -0.4 is 28.6 Å². The summed E-state index contributed by atoms with van der Waals surface area (Å²) < 4.78 is 51.9. The fourth-order valence-electron chi connectivity index (χ4n) is 4.45. The highest BCUT2D eigenvalue weighted by atomic mass is 32.2. The first-order chi connectivity index (χ1) is 18.6. The van der Waals surface area contributed by atoms with Crippen molar-refractivity contribution in [2.24, 2.45) is 0 Å². The third-order valence-corrected chi connectivity index (χ3v) is 8.50. The molecule has 2 aliphatic rings. The molecule has 0 saturated carbocycles. The molecule has 2 aliphatic heterocycles. The van der Waals surface area contributed by atoms with Crippen molar-refractivity contribution in [3.8, 4) is 23.0 Å². The quantitative estimate of drug-likeness (QED) is 0.495. The maximum atomic E-state index is 13.9. The van der Waals surface area contributed by atoms with Crippen molar-refractivity contribution in [1.82, 2.24) is 5.32 Å². The van der Waals surface area contributed by atoms with Gasteiger partial charge in [0, 0.05) is 0 Å². The molecule has 3 aromatic rings. The summed E-state index contributed by atoms with van der Waals surface area (Å²) in [6.07, 6.45) is -1.46. The van der Waals surface area contributed by atoms with Crippen LogP contribution in [0.3, 0.4) is 0 Å². The Bertz CT molecular complexity index is 1470. The van der Waals surface area contributed by atoms with E-state index in [0.717, 1.165) is 5.56 Å². The molecule has 0 aromatic heterocycles. The smallest absolute Gasteiger partial charge is 0.264 e. The molecule has 0 bridgehead atoms. The van der Waals surface area contributed by atoms with Gasteiger partial charge >= 0.3 is 0 Å². The van der Waals surface area contributed by atoms with Gasteiger partial charge in [-0.05, 0) is 59.5 Å². The van der Waals surface area contributed by atoms with Crippen LogP contribution in [-0.2, 0) is 20.2 Å². The Morgan fingerprint density at radius 3 is 2.41 bits per heavy atom. The highest BCUT2D eigenvalue weighted by Crippen LogP contribution is 2.40. The summed E-state index contributed by atoms with van der Waals surface area (Å²) in [4.78, 5) is 13.3.